The summed E-state index contributed by atoms with van der Waals surface area (Å²) in [7, 11) is 0. The number of benzene rings is 1. The Morgan fingerprint density at radius 1 is 1.33 bits per heavy atom. The molecule has 3 nitrogen and oxygen atoms in total. The minimum absolute atomic E-state index is 0.120. The van der Waals surface area contributed by atoms with E-state index >= 15 is 0 Å². The lowest BCUT2D eigenvalue weighted by Gasteiger charge is -2.32. The molecule has 0 radical (unpaired) electrons. The highest BCUT2D eigenvalue weighted by Crippen LogP contribution is 2.33. The van der Waals surface area contributed by atoms with Gasteiger partial charge in [-0.15, -0.1) is 0 Å². The second-order valence-electron chi connectivity index (χ2n) is 5.09. The van der Waals surface area contributed by atoms with Crippen molar-refractivity contribution in [3.8, 4) is 0 Å². The number of hydrogen-bond acceptors (Lipinski definition) is 3. The molecule has 2 atom stereocenters. The molecular weight excluding hydrogens is 228 g/mol. The maximum atomic E-state index is 11.9. The van der Waals surface area contributed by atoms with Gasteiger partial charge in [0.25, 0.3) is 0 Å². The zero-order chi connectivity index (χ0) is 13.8. The van der Waals surface area contributed by atoms with Crippen LogP contribution in [0.3, 0.4) is 0 Å². The smallest absolute Gasteiger partial charge is 0.314 e. The minimum Gasteiger partial charge on any atom is -0.466 e. The molecule has 18 heavy (non-hydrogen) atoms. The number of carbonyl (C=O) groups excluding carboxylic acids is 1. The van der Waals surface area contributed by atoms with Crippen LogP contribution in [0.5, 0.6) is 0 Å². The van der Waals surface area contributed by atoms with Crippen LogP contribution in [0.15, 0.2) is 30.3 Å². The van der Waals surface area contributed by atoms with Crippen LogP contribution in [0.1, 0.15) is 39.2 Å². The number of esters is 1. The molecule has 0 aliphatic carbocycles. The van der Waals surface area contributed by atoms with Gasteiger partial charge in [0.05, 0.1) is 18.1 Å². The molecule has 1 N–H and O–H groups in total. The lowest BCUT2D eigenvalue weighted by Crippen LogP contribution is -2.41. The zero-order valence-electron chi connectivity index (χ0n) is 11.5. The molecule has 0 aromatic heterocycles. The molecule has 0 heterocycles. The highest BCUT2D eigenvalue weighted by molar-refractivity contribution is 5.76. The van der Waals surface area contributed by atoms with E-state index in [1.807, 2.05) is 37.3 Å². The van der Waals surface area contributed by atoms with Crippen LogP contribution in [0.4, 0.5) is 0 Å². The van der Waals surface area contributed by atoms with Gasteiger partial charge in [-0.05, 0) is 26.3 Å². The van der Waals surface area contributed by atoms with Crippen LogP contribution >= 0.6 is 0 Å². The van der Waals surface area contributed by atoms with Crippen LogP contribution in [-0.2, 0) is 9.53 Å². The highest BCUT2D eigenvalue weighted by atomic mass is 16.5. The first-order chi connectivity index (χ1) is 8.41. The Kier molecular flexibility index (Phi) is 4.91. The number of rotatable bonds is 5. The Balaban J connectivity index is 2.86. The molecule has 0 saturated heterocycles. The molecule has 0 fully saturated rings. The summed E-state index contributed by atoms with van der Waals surface area (Å²) in [6.07, 6.45) is -0.779. The van der Waals surface area contributed by atoms with Crippen molar-refractivity contribution in [1.82, 2.24) is 0 Å². The SMILES string of the molecule is CCOC(=O)C(C)(C)[C@H](O)[C@H](C)c1ccccc1. The molecular formula is C15H22O3. The van der Waals surface area contributed by atoms with E-state index in [0.29, 0.717) is 6.61 Å². The van der Waals surface area contributed by atoms with E-state index in [1.165, 1.54) is 0 Å². The van der Waals surface area contributed by atoms with Crippen molar-refractivity contribution in [2.45, 2.75) is 39.7 Å². The van der Waals surface area contributed by atoms with E-state index in [4.69, 9.17) is 4.74 Å². The third kappa shape index (κ3) is 3.10. The van der Waals surface area contributed by atoms with Gasteiger partial charge in [0.15, 0.2) is 0 Å². The Morgan fingerprint density at radius 2 is 1.89 bits per heavy atom. The van der Waals surface area contributed by atoms with Gasteiger partial charge in [0.2, 0.25) is 0 Å². The standard InChI is InChI=1S/C15H22O3/c1-5-18-14(17)15(3,4)13(16)11(2)12-9-7-6-8-10-12/h6-11,13,16H,5H2,1-4H3/t11-,13-/m1/s1. The highest BCUT2D eigenvalue weighted by Gasteiger charge is 2.40. The van der Waals surface area contributed by atoms with Crippen LogP contribution in [-0.4, -0.2) is 23.8 Å². The summed E-state index contributed by atoms with van der Waals surface area (Å²) >= 11 is 0. The van der Waals surface area contributed by atoms with E-state index in [1.54, 1.807) is 20.8 Å². The van der Waals surface area contributed by atoms with Gasteiger partial charge in [0.1, 0.15) is 0 Å². The fraction of sp³-hybridized carbons (Fsp3) is 0.533. The summed E-state index contributed by atoms with van der Waals surface area (Å²) in [4.78, 5) is 11.9. The fourth-order valence-electron chi connectivity index (χ4n) is 2.00. The van der Waals surface area contributed by atoms with E-state index in [9.17, 15) is 9.90 Å². The second-order valence-corrected chi connectivity index (χ2v) is 5.09. The topological polar surface area (TPSA) is 46.5 Å². The van der Waals surface area contributed by atoms with Gasteiger partial charge < -0.3 is 9.84 Å². The van der Waals surface area contributed by atoms with Crippen LogP contribution in [0.2, 0.25) is 0 Å². The monoisotopic (exact) mass is 250 g/mol. The lowest BCUT2D eigenvalue weighted by molar-refractivity contribution is -0.160. The maximum absolute atomic E-state index is 11.9. The van der Waals surface area contributed by atoms with Crippen molar-refractivity contribution in [1.29, 1.82) is 0 Å². The van der Waals surface area contributed by atoms with Crippen molar-refractivity contribution in [2.24, 2.45) is 5.41 Å². The third-order valence-corrected chi connectivity index (χ3v) is 3.34. The van der Waals surface area contributed by atoms with E-state index < -0.39 is 11.5 Å². The summed E-state index contributed by atoms with van der Waals surface area (Å²) in [5.74, 6) is -0.481. The molecule has 0 unspecified atom stereocenters. The zero-order valence-corrected chi connectivity index (χ0v) is 11.5. The van der Waals surface area contributed by atoms with Gasteiger partial charge in [-0.3, -0.25) is 4.79 Å². The summed E-state index contributed by atoms with van der Waals surface area (Å²) in [6, 6.07) is 9.69. The van der Waals surface area contributed by atoms with E-state index in [-0.39, 0.29) is 11.9 Å². The first-order valence-corrected chi connectivity index (χ1v) is 6.31. The molecule has 0 spiro atoms. The molecule has 1 rings (SSSR count). The maximum Gasteiger partial charge on any atom is 0.314 e. The van der Waals surface area contributed by atoms with Crippen molar-refractivity contribution in [2.75, 3.05) is 6.61 Å². The van der Waals surface area contributed by atoms with Crippen molar-refractivity contribution in [3.05, 3.63) is 35.9 Å². The Labute approximate surface area is 109 Å². The summed E-state index contributed by atoms with van der Waals surface area (Å²) < 4.78 is 5.01. The molecule has 0 amide bonds. The quantitative estimate of drug-likeness (QED) is 0.817. The van der Waals surface area contributed by atoms with Crippen molar-refractivity contribution < 1.29 is 14.6 Å². The van der Waals surface area contributed by atoms with Crippen molar-refractivity contribution in [3.63, 3.8) is 0 Å². The molecule has 0 saturated carbocycles. The predicted octanol–water partition coefficient (Wildman–Crippen LogP) is 2.74. The number of aliphatic hydroxyl groups is 1. The van der Waals surface area contributed by atoms with Crippen LogP contribution in [0, 0.1) is 5.41 Å². The largest absolute Gasteiger partial charge is 0.466 e. The summed E-state index contributed by atoms with van der Waals surface area (Å²) in [5.41, 5.74) is 0.105. The Morgan fingerprint density at radius 3 is 2.39 bits per heavy atom. The predicted molar refractivity (Wildman–Crippen MR) is 71.3 cm³/mol. The Hall–Kier alpha value is -1.35. The first-order valence-electron chi connectivity index (χ1n) is 6.31. The number of ether oxygens (including phenoxy) is 1. The van der Waals surface area contributed by atoms with E-state index in [2.05, 4.69) is 0 Å². The molecule has 0 aliphatic rings. The summed E-state index contributed by atoms with van der Waals surface area (Å²) in [6.45, 7) is 7.45. The van der Waals surface area contributed by atoms with Gasteiger partial charge in [0, 0.05) is 5.92 Å². The molecule has 0 bridgehead atoms. The average molecular weight is 250 g/mol. The molecule has 100 valence electrons. The van der Waals surface area contributed by atoms with Gasteiger partial charge in [-0.25, -0.2) is 0 Å². The molecule has 0 aliphatic heterocycles. The lowest BCUT2D eigenvalue weighted by atomic mass is 9.77. The second kappa shape index (κ2) is 6.01. The number of hydrogen-bond donors (Lipinski definition) is 1. The third-order valence-electron chi connectivity index (χ3n) is 3.34. The van der Waals surface area contributed by atoms with Crippen LogP contribution in [0.25, 0.3) is 0 Å². The molecule has 3 heteroatoms. The van der Waals surface area contributed by atoms with Gasteiger partial charge >= 0.3 is 5.97 Å². The Bertz CT molecular complexity index is 384. The van der Waals surface area contributed by atoms with Crippen molar-refractivity contribution >= 4 is 5.97 Å². The first kappa shape index (κ1) is 14.7. The number of aliphatic hydroxyl groups excluding tert-OH is 1. The molecule has 1 aromatic carbocycles. The van der Waals surface area contributed by atoms with E-state index in [0.717, 1.165) is 5.56 Å². The summed E-state index contributed by atoms with van der Waals surface area (Å²) in [5, 5.41) is 10.4. The number of carbonyl (C=O) groups is 1. The van der Waals surface area contributed by atoms with Gasteiger partial charge in [-0.1, -0.05) is 37.3 Å². The van der Waals surface area contributed by atoms with Gasteiger partial charge in [-0.2, -0.15) is 0 Å². The molecule has 1 aromatic rings. The normalized spacial score (nSPS) is 14.9. The average Bonchev–Trinajstić information content (AvgIpc) is 2.38. The minimum atomic E-state index is -0.911. The fourth-order valence-corrected chi connectivity index (χ4v) is 2.00. The van der Waals surface area contributed by atoms with Crippen LogP contribution < -0.4 is 0 Å².